The number of aryl methyl sites for hydroxylation is 1. The standard InChI is InChI=1S/C18H14Cl2O/c19-11-6-8-15(20)14(9-11)18(21)17-13-7-5-10-3-1-2-4-12(10)16(13)17/h1-4,6,8-9,13,16-17H,5,7H2. The van der Waals surface area contributed by atoms with Crippen molar-refractivity contribution in [1.82, 2.24) is 0 Å². The van der Waals surface area contributed by atoms with Gasteiger partial charge in [0.25, 0.3) is 0 Å². The van der Waals surface area contributed by atoms with E-state index in [1.165, 1.54) is 11.1 Å². The molecule has 0 bridgehead atoms. The molecule has 2 aromatic rings. The Hall–Kier alpha value is -1.31. The Morgan fingerprint density at radius 2 is 1.90 bits per heavy atom. The van der Waals surface area contributed by atoms with Crippen LogP contribution >= 0.6 is 23.2 Å². The van der Waals surface area contributed by atoms with Gasteiger partial charge in [-0.2, -0.15) is 0 Å². The van der Waals surface area contributed by atoms with Gasteiger partial charge in [0.15, 0.2) is 5.78 Å². The van der Waals surface area contributed by atoms with Gasteiger partial charge < -0.3 is 0 Å². The van der Waals surface area contributed by atoms with E-state index in [0.29, 0.717) is 27.4 Å². The minimum Gasteiger partial charge on any atom is -0.294 e. The highest BCUT2D eigenvalue weighted by atomic mass is 35.5. The third kappa shape index (κ3) is 2.11. The summed E-state index contributed by atoms with van der Waals surface area (Å²) in [5.41, 5.74) is 3.32. The molecule has 0 aromatic heterocycles. The lowest BCUT2D eigenvalue weighted by Crippen LogP contribution is -2.05. The van der Waals surface area contributed by atoms with Gasteiger partial charge in [-0.15, -0.1) is 0 Å². The number of fused-ring (bicyclic) bond motifs is 3. The summed E-state index contributed by atoms with van der Waals surface area (Å²) < 4.78 is 0. The SMILES string of the molecule is O=C(c1cc(Cl)ccc1Cl)C1C2CCc3ccccc3C21. The number of rotatable bonds is 2. The van der Waals surface area contributed by atoms with Crippen LogP contribution in [0.4, 0.5) is 0 Å². The molecule has 0 saturated heterocycles. The molecule has 4 rings (SSSR count). The maximum atomic E-state index is 12.8. The molecule has 0 radical (unpaired) electrons. The molecule has 106 valence electrons. The summed E-state index contributed by atoms with van der Waals surface area (Å²) in [5.74, 6) is 1.07. The monoisotopic (exact) mass is 316 g/mol. The summed E-state index contributed by atoms with van der Waals surface area (Å²) in [5, 5.41) is 1.06. The van der Waals surface area contributed by atoms with Crippen LogP contribution in [0.1, 0.15) is 33.8 Å². The zero-order valence-corrected chi connectivity index (χ0v) is 12.9. The van der Waals surface area contributed by atoms with Gasteiger partial charge in [0, 0.05) is 16.5 Å². The minimum absolute atomic E-state index is 0.0737. The first-order valence-electron chi connectivity index (χ1n) is 7.24. The third-order valence-corrected chi connectivity index (χ3v) is 5.39. The highest BCUT2D eigenvalue weighted by Gasteiger charge is 2.56. The Morgan fingerprint density at radius 3 is 2.76 bits per heavy atom. The average molecular weight is 317 g/mol. The Labute approximate surface area is 133 Å². The lowest BCUT2D eigenvalue weighted by Gasteiger charge is -2.13. The molecule has 21 heavy (non-hydrogen) atoms. The van der Waals surface area contributed by atoms with Crippen molar-refractivity contribution in [2.75, 3.05) is 0 Å². The molecule has 3 unspecified atom stereocenters. The summed E-state index contributed by atoms with van der Waals surface area (Å²) in [4.78, 5) is 12.8. The highest BCUT2D eigenvalue weighted by molar-refractivity contribution is 6.36. The minimum atomic E-state index is 0.0737. The van der Waals surface area contributed by atoms with Gasteiger partial charge in [0.05, 0.1) is 5.02 Å². The second kappa shape index (κ2) is 4.86. The Balaban J connectivity index is 1.68. The number of hydrogen-bond acceptors (Lipinski definition) is 1. The molecule has 0 spiro atoms. The summed E-state index contributed by atoms with van der Waals surface area (Å²) in [6.45, 7) is 0. The van der Waals surface area contributed by atoms with Crippen LogP contribution in [0.15, 0.2) is 42.5 Å². The van der Waals surface area contributed by atoms with Crippen LogP contribution in [0.5, 0.6) is 0 Å². The molecule has 1 nitrogen and oxygen atoms in total. The number of hydrogen-bond donors (Lipinski definition) is 0. The second-order valence-corrected chi connectivity index (χ2v) is 6.78. The maximum absolute atomic E-state index is 12.8. The molecule has 0 heterocycles. The zero-order valence-electron chi connectivity index (χ0n) is 11.4. The number of ketones is 1. The number of carbonyl (C=O) groups is 1. The quantitative estimate of drug-likeness (QED) is 0.700. The van der Waals surface area contributed by atoms with Crippen molar-refractivity contribution in [3.63, 3.8) is 0 Å². The normalized spacial score (nSPS) is 25.9. The van der Waals surface area contributed by atoms with E-state index in [2.05, 4.69) is 24.3 Å². The van der Waals surface area contributed by atoms with Gasteiger partial charge in [0.1, 0.15) is 0 Å². The van der Waals surface area contributed by atoms with Crippen LogP contribution in [0.2, 0.25) is 10.0 Å². The van der Waals surface area contributed by atoms with Crippen molar-refractivity contribution in [3.8, 4) is 0 Å². The van der Waals surface area contributed by atoms with E-state index in [9.17, 15) is 4.79 Å². The predicted molar refractivity (Wildman–Crippen MR) is 85.3 cm³/mol. The summed E-state index contributed by atoms with van der Waals surface area (Å²) in [6, 6.07) is 13.6. The van der Waals surface area contributed by atoms with Gasteiger partial charge >= 0.3 is 0 Å². The number of carbonyl (C=O) groups excluding carboxylic acids is 1. The molecule has 2 aliphatic rings. The molecule has 3 heteroatoms. The Bertz CT molecular complexity index is 738. The number of Topliss-reactive ketones (excluding diaryl/α,β-unsaturated/α-hetero) is 1. The molecule has 0 aliphatic heterocycles. The van der Waals surface area contributed by atoms with Crippen molar-refractivity contribution >= 4 is 29.0 Å². The van der Waals surface area contributed by atoms with Crippen LogP contribution in [-0.4, -0.2) is 5.78 Å². The molecule has 0 amide bonds. The largest absolute Gasteiger partial charge is 0.294 e. The maximum Gasteiger partial charge on any atom is 0.168 e. The predicted octanol–water partition coefficient (Wildman–Crippen LogP) is 5.15. The highest BCUT2D eigenvalue weighted by Crippen LogP contribution is 2.61. The molecule has 1 fully saturated rings. The van der Waals surface area contributed by atoms with Crippen molar-refractivity contribution in [1.29, 1.82) is 0 Å². The van der Waals surface area contributed by atoms with Gasteiger partial charge in [0.2, 0.25) is 0 Å². The fourth-order valence-corrected chi connectivity index (χ4v) is 4.17. The van der Waals surface area contributed by atoms with E-state index >= 15 is 0 Å². The number of benzene rings is 2. The van der Waals surface area contributed by atoms with Crippen molar-refractivity contribution in [3.05, 3.63) is 69.2 Å². The topological polar surface area (TPSA) is 17.1 Å². The molecule has 1 saturated carbocycles. The first-order chi connectivity index (χ1) is 10.2. The molecular formula is C18H14Cl2O. The summed E-state index contributed by atoms with van der Waals surface area (Å²) in [6.07, 6.45) is 2.17. The molecule has 2 aromatic carbocycles. The van der Waals surface area contributed by atoms with Crippen molar-refractivity contribution in [2.45, 2.75) is 18.8 Å². The zero-order chi connectivity index (χ0) is 14.6. The van der Waals surface area contributed by atoms with Crippen LogP contribution in [0, 0.1) is 11.8 Å². The van der Waals surface area contributed by atoms with Gasteiger partial charge in [-0.25, -0.2) is 0 Å². The number of halogens is 2. The van der Waals surface area contributed by atoms with Crippen molar-refractivity contribution < 1.29 is 4.79 Å². The van der Waals surface area contributed by atoms with Crippen LogP contribution in [0.3, 0.4) is 0 Å². The molecule has 3 atom stereocenters. The van der Waals surface area contributed by atoms with E-state index < -0.39 is 0 Å². The van der Waals surface area contributed by atoms with E-state index in [0.717, 1.165) is 12.8 Å². The Morgan fingerprint density at radius 1 is 1.10 bits per heavy atom. The summed E-state index contributed by atoms with van der Waals surface area (Å²) >= 11 is 12.2. The fourth-order valence-electron chi connectivity index (χ4n) is 3.79. The van der Waals surface area contributed by atoms with E-state index in [1.54, 1.807) is 18.2 Å². The first-order valence-corrected chi connectivity index (χ1v) is 7.99. The van der Waals surface area contributed by atoms with E-state index in [1.807, 2.05) is 0 Å². The molecule has 0 N–H and O–H groups in total. The first kappa shape index (κ1) is 13.4. The average Bonchev–Trinajstić information content (AvgIpc) is 3.24. The molecule has 2 aliphatic carbocycles. The van der Waals surface area contributed by atoms with E-state index in [-0.39, 0.29) is 11.7 Å². The fraction of sp³-hybridized carbons (Fsp3) is 0.278. The molecular weight excluding hydrogens is 303 g/mol. The Kier molecular flexibility index (Phi) is 3.09. The van der Waals surface area contributed by atoms with Crippen molar-refractivity contribution in [2.24, 2.45) is 11.8 Å². The lowest BCUT2D eigenvalue weighted by molar-refractivity contribution is 0.0959. The van der Waals surface area contributed by atoms with Gasteiger partial charge in [-0.05, 0) is 54.0 Å². The third-order valence-electron chi connectivity index (χ3n) is 4.83. The van der Waals surface area contributed by atoms with Crippen LogP contribution in [0.25, 0.3) is 0 Å². The van der Waals surface area contributed by atoms with Gasteiger partial charge in [-0.1, -0.05) is 47.5 Å². The second-order valence-electron chi connectivity index (χ2n) is 5.94. The van der Waals surface area contributed by atoms with Crippen LogP contribution in [-0.2, 0) is 6.42 Å². The van der Waals surface area contributed by atoms with E-state index in [4.69, 9.17) is 23.2 Å². The summed E-state index contributed by atoms with van der Waals surface area (Å²) in [7, 11) is 0. The lowest BCUT2D eigenvalue weighted by atomic mass is 9.92. The smallest absolute Gasteiger partial charge is 0.168 e. The van der Waals surface area contributed by atoms with Crippen LogP contribution < -0.4 is 0 Å². The van der Waals surface area contributed by atoms with Gasteiger partial charge in [-0.3, -0.25) is 4.79 Å².